The van der Waals surface area contributed by atoms with Gasteiger partial charge in [-0.3, -0.25) is 0 Å². The first-order valence-corrected chi connectivity index (χ1v) is 7.64. The summed E-state index contributed by atoms with van der Waals surface area (Å²) in [4.78, 5) is 0. The maximum absolute atomic E-state index is 9.22. The summed E-state index contributed by atoms with van der Waals surface area (Å²) in [6.45, 7) is 3.66. The summed E-state index contributed by atoms with van der Waals surface area (Å²) < 4.78 is 12.6. The summed E-state index contributed by atoms with van der Waals surface area (Å²) in [7, 11) is 1.62. The van der Waals surface area contributed by atoms with Crippen LogP contribution in [0.2, 0.25) is 0 Å². The molecule has 0 bridgehead atoms. The lowest BCUT2D eigenvalue weighted by atomic mass is 10.2. The van der Waals surface area contributed by atoms with E-state index in [1.807, 2.05) is 19.1 Å². The highest BCUT2D eigenvalue weighted by atomic mass is 79.9. The van der Waals surface area contributed by atoms with Crippen molar-refractivity contribution in [2.24, 2.45) is 0 Å². The van der Waals surface area contributed by atoms with Crippen LogP contribution in [-0.2, 0) is 11.3 Å². The van der Waals surface area contributed by atoms with Gasteiger partial charge in [0.1, 0.15) is 5.75 Å². The smallest absolute Gasteiger partial charge is 0.138 e. The van der Waals surface area contributed by atoms with E-state index in [9.17, 15) is 5.11 Å². The molecule has 1 aromatic carbocycles. The molecule has 1 atom stereocenters. The van der Waals surface area contributed by atoms with Crippen LogP contribution in [0.25, 0.3) is 0 Å². The molecule has 6 heteroatoms. The van der Waals surface area contributed by atoms with Crippen molar-refractivity contribution in [2.45, 2.75) is 19.5 Å². The standard InChI is InChI=1S/C13H19Br2NO3/c1-3-19-13-9(4-10(14)5-12(13)15)6-16-11(7-17)8-18-2/h4-5,11,16-17H,3,6-8H2,1-2H3. The number of rotatable bonds is 8. The molecule has 0 spiro atoms. The first kappa shape index (κ1) is 16.9. The van der Waals surface area contributed by atoms with Crippen LogP contribution >= 0.6 is 31.9 Å². The summed E-state index contributed by atoms with van der Waals surface area (Å²) in [6, 6.07) is 3.87. The summed E-state index contributed by atoms with van der Waals surface area (Å²) >= 11 is 6.96. The summed E-state index contributed by atoms with van der Waals surface area (Å²) in [5.74, 6) is 0.826. The number of hydrogen-bond donors (Lipinski definition) is 2. The fraction of sp³-hybridized carbons (Fsp3) is 0.538. The van der Waals surface area contributed by atoms with Crippen LogP contribution in [0, 0.1) is 0 Å². The van der Waals surface area contributed by atoms with Gasteiger partial charge in [-0.15, -0.1) is 0 Å². The van der Waals surface area contributed by atoms with Crippen LogP contribution < -0.4 is 10.1 Å². The molecule has 0 aromatic heterocycles. The quantitative estimate of drug-likeness (QED) is 0.709. The van der Waals surface area contributed by atoms with Gasteiger partial charge in [-0.1, -0.05) is 15.9 Å². The van der Waals surface area contributed by atoms with E-state index in [4.69, 9.17) is 9.47 Å². The van der Waals surface area contributed by atoms with E-state index in [-0.39, 0.29) is 12.6 Å². The molecule has 1 unspecified atom stereocenters. The Morgan fingerprint density at radius 1 is 1.37 bits per heavy atom. The molecule has 0 saturated carbocycles. The summed E-state index contributed by atoms with van der Waals surface area (Å²) in [5, 5.41) is 12.5. The Morgan fingerprint density at radius 2 is 2.11 bits per heavy atom. The van der Waals surface area contributed by atoms with E-state index in [0.717, 1.165) is 20.3 Å². The second kappa shape index (κ2) is 8.92. The van der Waals surface area contributed by atoms with Crippen LogP contribution in [0.3, 0.4) is 0 Å². The lowest BCUT2D eigenvalue weighted by Gasteiger charge is -2.18. The molecule has 0 saturated heterocycles. The zero-order valence-electron chi connectivity index (χ0n) is 11.1. The Balaban J connectivity index is 2.80. The van der Waals surface area contributed by atoms with Crippen molar-refractivity contribution in [1.82, 2.24) is 5.32 Å². The molecular formula is C13H19Br2NO3. The van der Waals surface area contributed by atoms with Crippen molar-refractivity contribution < 1.29 is 14.6 Å². The number of hydrogen-bond acceptors (Lipinski definition) is 4. The van der Waals surface area contributed by atoms with Crippen LogP contribution in [-0.4, -0.2) is 38.1 Å². The first-order valence-electron chi connectivity index (χ1n) is 6.06. The van der Waals surface area contributed by atoms with Crippen molar-refractivity contribution in [3.63, 3.8) is 0 Å². The Kier molecular flexibility index (Phi) is 7.94. The SMILES string of the molecule is CCOc1c(Br)cc(Br)cc1CNC(CO)COC. The molecule has 2 N–H and O–H groups in total. The Morgan fingerprint density at radius 3 is 2.68 bits per heavy atom. The minimum atomic E-state index is -0.0859. The van der Waals surface area contributed by atoms with Crippen LogP contribution in [0.4, 0.5) is 0 Å². The zero-order chi connectivity index (χ0) is 14.3. The van der Waals surface area contributed by atoms with Crippen LogP contribution in [0.15, 0.2) is 21.1 Å². The van der Waals surface area contributed by atoms with Crippen molar-refractivity contribution >= 4 is 31.9 Å². The van der Waals surface area contributed by atoms with Gasteiger partial charge in [0, 0.05) is 23.7 Å². The topological polar surface area (TPSA) is 50.7 Å². The molecule has 1 rings (SSSR count). The van der Waals surface area contributed by atoms with Crippen LogP contribution in [0.5, 0.6) is 5.75 Å². The van der Waals surface area contributed by atoms with Crippen molar-refractivity contribution in [1.29, 1.82) is 0 Å². The third-order valence-corrected chi connectivity index (χ3v) is 3.59. The predicted octanol–water partition coefficient (Wildman–Crippen LogP) is 2.71. The second-order valence-electron chi connectivity index (χ2n) is 4.02. The molecule has 4 nitrogen and oxygen atoms in total. The van der Waals surface area contributed by atoms with Crippen molar-refractivity contribution in [3.8, 4) is 5.75 Å². The number of aliphatic hydroxyl groups excluding tert-OH is 1. The number of benzene rings is 1. The number of ether oxygens (including phenoxy) is 2. The largest absolute Gasteiger partial charge is 0.492 e. The van der Waals surface area contributed by atoms with Gasteiger partial charge in [-0.2, -0.15) is 0 Å². The van der Waals surface area contributed by atoms with Gasteiger partial charge >= 0.3 is 0 Å². The minimum absolute atomic E-state index is 0.0347. The molecular weight excluding hydrogens is 378 g/mol. The number of aliphatic hydroxyl groups is 1. The highest BCUT2D eigenvalue weighted by Gasteiger charge is 2.12. The van der Waals surface area contributed by atoms with Gasteiger partial charge in [-0.25, -0.2) is 0 Å². The molecule has 0 aliphatic heterocycles. The van der Waals surface area contributed by atoms with Gasteiger partial charge in [0.15, 0.2) is 0 Å². The van der Waals surface area contributed by atoms with E-state index in [2.05, 4.69) is 37.2 Å². The molecule has 0 fully saturated rings. The van der Waals surface area contributed by atoms with Crippen LogP contribution in [0.1, 0.15) is 12.5 Å². The lowest BCUT2D eigenvalue weighted by molar-refractivity contribution is 0.128. The summed E-state index contributed by atoms with van der Waals surface area (Å²) in [5.41, 5.74) is 1.03. The minimum Gasteiger partial charge on any atom is -0.492 e. The normalized spacial score (nSPS) is 12.5. The fourth-order valence-corrected chi connectivity index (χ4v) is 3.11. The molecule has 1 aromatic rings. The lowest BCUT2D eigenvalue weighted by Crippen LogP contribution is -2.36. The molecule has 0 aliphatic carbocycles. The van der Waals surface area contributed by atoms with Gasteiger partial charge in [0.2, 0.25) is 0 Å². The molecule has 19 heavy (non-hydrogen) atoms. The van der Waals surface area contributed by atoms with Gasteiger partial charge < -0.3 is 19.9 Å². The van der Waals surface area contributed by atoms with E-state index in [1.54, 1.807) is 7.11 Å². The van der Waals surface area contributed by atoms with E-state index >= 15 is 0 Å². The Labute approximate surface area is 130 Å². The molecule has 0 amide bonds. The highest BCUT2D eigenvalue weighted by Crippen LogP contribution is 2.33. The molecule has 0 radical (unpaired) electrons. The van der Waals surface area contributed by atoms with E-state index in [0.29, 0.717) is 19.8 Å². The third kappa shape index (κ3) is 5.39. The predicted molar refractivity (Wildman–Crippen MR) is 82.6 cm³/mol. The maximum Gasteiger partial charge on any atom is 0.138 e. The third-order valence-electron chi connectivity index (χ3n) is 2.54. The fourth-order valence-electron chi connectivity index (χ4n) is 1.68. The molecule has 0 aliphatic rings. The second-order valence-corrected chi connectivity index (χ2v) is 5.79. The van der Waals surface area contributed by atoms with Gasteiger partial charge in [-0.05, 0) is 35.0 Å². The van der Waals surface area contributed by atoms with Gasteiger partial charge in [0.05, 0.1) is 30.3 Å². The first-order chi connectivity index (χ1) is 9.12. The van der Waals surface area contributed by atoms with Gasteiger partial charge in [0.25, 0.3) is 0 Å². The number of nitrogens with one attached hydrogen (secondary N) is 1. The monoisotopic (exact) mass is 395 g/mol. The number of halogens is 2. The summed E-state index contributed by atoms with van der Waals surface area (Å²) in [6.07, 6.45) is 0. The molecule has 0 heterocycles. The van der Waals surface area contributed by atoms with E-state index < -0.39 is 0 Å². The Bertz CT molecular complexity index is 402. The average Bonchev–Trinajstić information content (AvgIpc) is 2.38. The van der Waals surface area contributed by atoms with E-state index in [1.165, 1.54) is 0 Å². The maximum atomic E-state index is 9.22. The van der Waals surface area contributed by atoms with Crippen molar-refractivity contribution in [2.75, 3.05) is 26.9 Å². The average molecular weight is 397 g/mol. The highest BCUT2D eigenvalue weighted by molar-refractivity contribution is 9.11. The Hall–Kier alpha value is -0.140. The zero-order valence-corrected chi connectivity index (χ0v) is 14.3. The van der Waals surface area contributed by atoms with Crippen molar-refractivity contribution in [3.05, 3.63) is 26.6 Å². The number of methoxy groups -OCH3 is 1. The molecule has 108 valence electrons.